The van der Waals surface area contributed by atoms with Crippen molar-refractivity contribution in [2.24, 2.45) is 5.92 Å². The van der Waals surface area contributed by atoms with E-state index in [1.54, 1.807) is 6.20 Å². The molecule has 1 heterocycles. The predicted octanol–water partition coefficient (Wildman–Crippen LogP) is 2.23. The Kier molecular flexibility index (Phi) is 3.96. The van der Waals surface area contributed by atoms with Gasteiger partial charge in [-0.05, 0) is 37.8 Å². The topological polar surface area (TPSA) is 51.2 Å². The molecule has 0 radical (unpaired) electrons. The van der Waals surface area contributed by atoms with Gasteiger partial charge in [0.05, 0.1) is 13.0 Å². The Balaban J connectivity index is 1.82. The van der Waals surface area contributed by atoms with Crippen LogP contribution in [-0.4, -0.2) is 24.1 Å². The number of aromatic nitrogens is 1. The van der Waals surface area contributed by atoms with Crippen molar-refractivity contribution in [2.75, 3.05) is 12.4 Å². The molecule has 1 aromatic rings. The number of nitrogens with one attached hydrogen (secondary N) is 1. The zero-order valence-electron chi connectivity index (χ0n) is 10.1. The Hall–Kier alpha value is -1.58. The van der Waals surface area contributed by atoms with Crippen molar-refractivity contribution in [3.05, 3.63) is 24.4 Å². The van der Waals surface area contributed by atoms with Crippen LogP contribution in [0.15, 0.2) is 24.4 Å². The minimum absolute atomic E-state index is 0.0683. The lowest BCUT2D eigenvalue weighted by atomic mass is 9.86. The van der Waals surface area contributed by atoms with Gasteiger partial charge in [0.25, 0.3) is 0 Å². The molecule has 0 aromatic carbocycles. The lowest BCUT2D eigenvalue weighted by molar-refractivity contribution is -0.146. The maximum Gasteiger partial charge on any atom is 0.308 e. The number of anilines is 1. The fourth-order valence-corrected chi connectivity index (χ4v) is 2.30. The largest absolute Gasteiger partial charge is 0.469 e. The normalized spacial score (nSPS) is 24.1. The predicted molar refractivity (Wildman–Crippen MR) is 65.6 cm³/mol. The molecule has 1 aliphatic carbocycles. The first-order valence-corrected chi connectivity index (χ1v) is 6.05. The van der Waals surface area contributed by atoms with E-state index in [1.165, 1.54) is 7.11 Å². The second-order valence-electron chi connectivity index (χ2n) is 4.43. The summed E-state index contributed by atoms with van der Waals surface area (Å²) >= 11 is 0. The van der Waals surface area contributed by atoms with Crippen molar-refractivity contribution < 1.29 is 9.53 Å². The molecule has 1 saturated carbocycles. The number of carbonyl (C=O) groups excluding carboxylic acids is 1. The van der Waals surface area contributed by atoms with Gasteiger partial charge in [0, 0.05) is 12.2 Å². The van der Waals surface area contributed by atoms with E-state index in [-0.39, 0.29) is 11.9 Å². The van der Waals surface area contributed by atoms with E-state index in [4.69, 9.17) is 4.74 Å². The molecule has 0 bridgehead atoms. The first kappa shape index (κ1) is 11.9. The van der Waals surface area contributed by atoms with Gasteiger partial charge in [-0.25, -0.2) is 4.98 Å². The van der Waals surface area contributed by atoms with E-state index in [9.17, 15) is 4.79 Å². The lowest BCUT2D eigenvalue weighted by Crippen LogP contribution is -2.30. The Bertz CT molecular complexity index is 359. The molecule has 92 valence electrons. The highest BCUT2D eigenvalue weighted by molar-refractivity contribution is 5.72. The third kappa shape index (κ3) is 3.19. The average Bonchev–Trinajstić information content (AvgIpc) is 2.40. The summed E-state index contributed by atoms with van der Waals surface area (Å²) < 4.78 is 4.77. The second-order valence-corrected chi connectivity index (χ2v) is 4.43. The van der Waals surface area contributed by atoms with Crippen LogP contribution in [0.25, 0.3) is 0 Å². The SMILES string of the molecule is COC(=O)[C@H]1CC[C@H](Nc2ccccn2)CC1. The zero-order chi connectivity index (χ0) is 12.1. The minimum Gasteiger partial charge on any atom is -0.469 e. The van der Waals surface area contributed by atoms with Crippen LogP contribution in [-0.2, 0) is 9.53 Å². The highest BCUT2D eigenvalue weighted by atomic mass is 16.5. The Labute approximate surface area is 101 Å². The van der Waals surface area contributed by atoms with Gasteiger partial charge in [0.1, 0.15) is 5.82 Å². The fraction of sp³-hybridized carbons (Fsp3) is 0.538. The van der Waals surface area contributed by atoms with Gasteiger partial charge in [0.2, 0.25) is 0 Å². The number of hydrogen-bond acceptors (Lipinski definition) is 4. The Morgan fingerprint density at radius 2 is 2.12 bits per heavy atom. The summed E-state index contributed by atoms with van der Waals surface area (Å²) in [6, 6.07) is 6.26. The molecule has 0 atom stereocenters. The molecular weight excluding hydrogens is 216 g/mol. The number of nitrogens with zero attached hydrogens (tertiary/aromatic N) is 1. The molecule has 1 N–H and O–H groups in total. The highest BCUT2D eigenvalue weighted by Gasteiger charge is 2.26. The van der Waals surface area contributed by atoms with Crippen LogP contribution >= 0.6 is 0 Å². The number of pyridine rings is 1. The summed E-state index contributed by atoms with van der Waals surface area (Å²) in [6.45, 7) is 0. The highest BCUT2D eigenvalue weighted by Crippen LogP contribution is 2.26. The molecule has 1 aliphatic rings. The Morgan fingerprint density at radius 1 is 1.35 bits per heavy atom. The summed E-state index contributed by atoms with van der Waals surface area (Å²) in [5, 5.41) is 3.40. The van der Waals surface area contributed by atoms with Crippen molar-refractivity contribution in [1.29, 1.82) is 0 Å². The summed E-state index contributed by atoms with van der Waals surface area (Å²) in [7, 11) is 1.46. The third-order valence-corrected chi connectivity index (χ3v) is 3.28. The smallest absolute Gasteiger partial charge is 0.308 e. The molecule has 0 spiro atoms. The number of carbonyl (C=O) groups is 1. The van der Waals surface area contributed by atoms with Crippen LogP contribution < -0.4 is 5.32 Å². The molecule has 2 rings (SSSR count). The molecular formula is C13H18N2O2. The van der Waals surface area contributed by atoms with Gasteiger partial charge >= 0.3 is 5.97 Å². The molecule has 4 heteroatoms. The second kappa shape index (κ2) is 5.66. The van der Waals surface area contributed by atoms with E-state index in [1.807, 2.05) is 18.2 Å². The first-order valence-electron chi connectivity index (χ1n) is 6.05. The van der Waals surface area contributed by atoms with Crippen LogP contribution in [0.2, 0.25) is 0 Å². The monoisotopic (exact) mass is 234 g/mol. The lowest BCUT2D eigenvalue weighted by Gasteiger charge is -2.27. The summed E-state index contributed by atoms with van der Waals surface area (Å²) in [6.07, 6.45) is 5.57. The summed E-state index contributed by atoms with van der Waals surface area (Å²) in [5.74, 6) is 0.928. The van der Waals surface area contributed by atoms with Crippen LogP contribution in [0.4, 0.5) is 5.82 Å². The summed E-state index contributed by atoms with van der Waals surface area (Å²) in [5.41, 5.74) is 0. The van der Waals surface area contributed by atoms with E-state index in [2.05, 4.69) is 10.3 Å². The van der Waals surface area contributed by atoms with Gasteiger partial charge in [0.15, 0.2) is 0 Å². The molecule has 17 heavy (non-hydrogen) atoms. The fourth-order valence-electron chi connectivity index (χ4n) is 2.30. The van der Waals surface area contributed by atoms with Crippen molar-refractivity contribution in [2.45, 2.75) is 31.7 Å². The van der Waals surface area contributed by atoms with Crippen molar-refractivity contribution in [1.82, 2.24) is 4.98 Å². The van der Waals surface area contributed by atoms with Crippen LogP contribution in [0.1, 0.15) is 25.7 Å². The average molecular weight is 234 g/mol. The first-order chi connectivity index (χ1) is 8.29. The van der Waals surface area contributed by atoms with E-state index in [0.717, 1.165) is 31.5 Å². The molecule has 0 saturated heterocycles. The van der Waals surface area contributed by atoms with Crippen molar-refractivity contribution in [3.63, 3.8) is 0 Å². The zero-order valence-corrected chi connectivity index (χ0v) is 10.1. The quantitative estimate of drug-likeness (QED) is 0.815. The van der Waals surface area contributed by atoms with Crippen LogP contribution in [0.3, 0.4) is 0 Å². The van der Waals surface area contributed by atoms with E-state index in [0.29, 0.717) is 6.04 Å². The van der Waals surface area contributed by atoms with Gasteiger partial charge in [-0.2, -0.15) is 0 Å². The maximum absolute atomic E-state index is 11.4. The summed E-state index contributed by atoms with van der Waals surface area (Å²) in [4.78, 5) is 15.6. The van der Waals surface area contributed by atoms with Gasteiger partial charge in [-0.3, -0.25) is 4.79 Å². The maximum atomic E-state index is 11.4. The van der Waals surface area contributed by atoms with Crippen LogP contribution in [0.5, 0.6) is 0 Å². The molecule has 4 nitrogen and oxygen atoms in total. The van der Waals surface area contributed by atoms with Crippen molar-refractivity contribution in [3.8, 4) is 0 Å². The standard InChI is InChI=1S/C13H18N2O2/c1-17-13(16)10-5-7-11(8-6-10)15-12-4-2-3-9-14-12/h2-4,9-11H,5-8H2,1H3,(H,14,15)/t10-,11-. The third-order valence-electron chi connectivity index (χ3n) is 3.28. The number of hydrogen-bond donors (Lipinski definition) is 1. The van der Waals surface area contributed by atoms with Crippen molar-refractivity contribution >= 4 is 11.8 Å². The van der Waals surface area contributed by atoms with E-state index < -0.39 is 0 Å². The number of methoxy groups -OCH3 is 1. The van der Waals surface area contributed by atoms with Gasteiger partial charge < -0.3 is 10.1 Å². The van der Waals surface area contributed by atoms with Gasteiger partial charge in [-0.15, -0.1) is 0 Å². The molecule has 0 amide bonds. The van der Waals surface area contributed by atoms with E-state index >= 15 is 0 Å². The number of ether oxygens (including phenoxy) is 1. The number of rotatable bonds is 3. The molecule has 0 aliphatic heterocycles. The Morgan fingerprint density at radius 3 is 2.71 bits per heavy atom. The molecule has 0 unspecified atom stereocenters. The molecule has 1 aromatic heterocycles. The molecule has 1 fully saturated rings. The minimum atomic E-state index is -0.0683. The van der Waals surface area contributed by atoms with Crippen LogP contribution in [0, 0.1) is 5.92 Å². The number of esters is 1. The van der Waals surface area contributed by atoms with Gasteiger partial charge in [-0.1, -0.05) is 6.07 Å².